The van der Waals surface area contributed by atoms with Gasteiger partial charge in [0, 0.05) is 17.1 Å². The van der Waals surface area contributed by atoms with E-state index in [9.17, 15) is 4.79 Å². The van der Waals surface area contributed by atoms with Gasteiger partial charge in [-0.1, -0.05) is 24.3 Å². The van der Waals surface area contributed by atoms with Crippen LogP contribution >= 0.6 is 11.3 Å². The Balaban J connectivity index is 1.51. The number of benzene rings is 1. The van der Waals surface area contributed by atoms with E-state index in [0.717, 1.165) is 35.2 Å². The second-order valence-electron chi connectivity index (χ2n) is 8.57. The minimum absolute atomic E-state index is 0.00746. The van der Waals surface area contributed by atoms with Crippen LogP contribution in [0.1, 0.15) is 54.3 Å². The third-order valence-corrected chi connectivity index (χ3v) is 7.21. The fourth-order valence-electron chi connectivity index (χ4n) is 4.39. The minimum Gasteiger partial charge on any atom is -0.323 e. The average molecular weight is 434 g/mol. The van der Waals surface area contributed by atoms with Gasteiger partial charge in [0.2, 0.25) is 5.95 Å². The van der Waals surface area contributed by atoms with Crippen molar-refractivity contribution < 1.29 is 0 Å². The summed E-state index contributed by atoms with van der Waals surface area (Å²) in [5.41, 5.74) is 4.61. The van der Waals surface area contributed by atoms with Crippen molar-refractivity contribution in [3.63, 3.8) is 0 Å². The number of aromatic nitrogens is 4. The Labute approximate surface area is 185 Å². The Morgan fingerprint density at radius 1 is 1.19 bits per heavy atom. The summed E-state index contributed by atoms with van der Waals surface area (Å²) in [5, 5.41) is 8.69. The van der Waals surface area contributed by atoms with Gasteiger partial charge in [0.1, 0.15) is 4.83 Å². The van der Waals surface area contributed by atoms with E-state index >= 15 is 0 Å². The Hall–Kier alpha value is -2.93. The molecule has 0 bridgehead atoms. The standard InChI is InChI=1S/C24H27N5OS/c1-15(2)29-23(30)21-19-10-6-7-11-20(19)31-22(21)27-24(29)26-18-12-25-28(14-18)13-17-9-5-4-8-16(17)3/h4-5,8-9,12,14-15H,6-7,10-11,13H2,1-3H3,(H,26,27). The molecule has 1 aliphatic rings. The molecule has 1 N–H and O–H groups in total. The minimum atomic E-state index is 0.00746. The lowest BCUT2D eigenvalue weighted by Crippen LogP contribution is -2.26. The predicted molar refractivity (Wildman–Crippen MR) is 127 cm³/mol. The molecule has 0 aliphatic heterocycles. The van der Waals surface area contributed by atoms with Crippen molar-refractivity contribution in [1.82, 2.24) is 19.3 Å². The van der Waals surface area contributed by atoms with Crippen LogP contribution in [0.25, 0.3) is 10.2 Å². The van der Waals surface area contributed by atoms with E-state index < -0.39 is 0 Å². The molecule has 4 aromatic rings. The first-order chi connectivity index (χ1) is 15.0. The molecule has 0 radical (unpaired) electrons. The van der Waals surface area contributed by atoms with Gasteiger partial charge in [-0.25, -0.2) is 4.98 Å². The summed E-state index contributed by atoms with van der Waals surface area (Å²) >= 11 is 1.68. The number of nitrogens with zero attached hydrogens (tertiary/aromatic N) is 4. The number of thiophene rings is 1. The third kappa shape index (κ3) is 3.67. The van der Waals surface area contributed by atoms with Gasteiger partial charge in [-0.3, -0.25) is 14.0 Å². The van der Waals surface area contributed by atoms with Crippen LogP contribution in [-0.2, 0) is 19.4 Å². The number of hydrogen-bond acceptors (Lipinski definition) is 5. The molecule has 3 heterocycles. The van der Waals surface area contributed by atoms with Crippen LogP contribution in [-0.4, -0.2) is 19.3 Å². The molecular formula is C24H27N5OS. The quantitative estimate of drug-likeness (QED) is 0.469. The van der Waals surface area contributed by atoms with Gasteiger partial charge in [0.15, 0.2) is 0 Å². The zero-order valence-corrected chi connectivity index (χ0v) is 19.0. The SMILES string of the molecule is Cc1ccccc1Cn1cc(Nc2nc3sc4c(c3c(=O)n2C(C)C)CCCC4)cn1. The highest BCUT2D eigenvalue weighted by molar-refractivity contribution is 7.18. The van der Waals surface area contributed by atoms with Crippen LogP contribution in [0.3, 0.4) is 0 Å². The molecule has 0 atom stereocenters. The lowest BCUT2D eigenvalue weighted by Gasteiger charge is -2.16. The Bertz CT molecular complexity index is 1310. The van der Waals surface area contributed by atoms with Gasteiger partial charge in [-0.2, -0.15) is 5.10 Å². The van der Waals surface area contributed by atoms with Gasteiger partial charge >= 0.3 is 0 Å². The van der Waals surface area contributed by atoms with Crippen molar-refractivity contribution in [3.05, 3.63) is 68.6 Å². The Morgan fingerprint density at radius 2 is 2.00 bits per heavy atom. The molecule has 3 aromatic heterocycles. The van der Waals surface area contributed by atoms with Gasteiger partial charge < -0.3 is 5.32 Å². The third-order valence-electron chi connectivity index (χ3n) is 6.02. The van der Waals surface area contributed by atoms with Crippen LogP contribution in [0.4, 0.5) is 11.6 Å². The molecule has 0 fully saturated rings. The number of anilines is 2. The zero-order valence-electron chi connectivity index (χ0n) is 18.2. The first-order valence-corrected chi connectivity index (χ1v) is 11.7. The van der Waals surface area contributed by atoms with Gasteiger partial charge in [-0.05, 0) is 63.1 Å². The van der Waals surface area contributed by atoms with Crippen LogP contribution in [0.5, 0.6) is 0 Å². The first-order valence-electron chi connectivity index (χ1n) is 10.9. The molecule has 0 saturated heterocycles. The molecule has 6 nitrogen and oxygen atoms in total. The fourth-order valence-corrected chi connectivity index (χ4v) is 5.64. The Kier molecular flexibility index (Phi) is 5.14. The summed E-state index contributed by atoms with van der Waals surface area (Å²) in [4.78, 5) is 20.6. The van der Waals surface area contributed by atoms with Crippen molar-refractivity contribution in [1.29, 1.82) is 0 Å². The van der Waals surface area contributed by atoms with E-state index in [1.807, 2.05) is 36.9 Å². The first kappa shape index (κ1) is 20.0. The highest BCUT2D eigenvalue weighted by Gasteiger charge is 2.23. The van der Waals surface area contributed by atoms with Crippen molar-refractivity contribution in [2.24, 2.45) is 0 Å². The number of hydrogen-bond donors (Lipinski definition) is 1. The second-order valence-corrected chi connectivity index (χ2v) is 9.66. The van der Waals surface area contributed by atoms with Gasteiger partial charge in [0.05, 0.1) is 23.8 Å². The highest BCUT2D eigenvalue weighted by atomic mass is 32.1. The van der Waals surface area contributed by atoms with Gasteiger partial charge in [-0.15, -0.1) is 11.3 Å². The maximum atomic E-state index is 13.5. The number of rotatable bonds is 5. The maximum Gasteiger partial charge on any atom is 0.264 e. The number of aryl methyl sites for hydroxylation is 3. The maximum absolute atomic E-state index is 13.5. The van der Waals surface area contributed by atoms with Crippen LogP contribution in [0.15, 0.2) is 41.5 Å². The van der Waals surface area contributed by atoms with Crippen molar-refractivity contribution >= 4 is 33.2 Å². The molecule has 1 aromatic carbocycles. The van der Waals surface area contributed by atoms with E-state index in [-0.39, 0.29) is 11.6 Å². The summed E-state index contributed by atoms with van der Waals surface area (Å²) in [5.74, 6) is 0.585. The molecule has 7 heteroatoms. The molecular weight excluding hydrogens is 406 g/mol. The largest absolute Gasteiger partial charge is 0.323 e. The smallest absolute Gasteiger partial charge is 0.264 e. The van der Waals surface area contributed by atoms with E-state index in [4.69, 9.17) is 4.98 Å². The molecule has 0 unspecified atom stereocenters. The van der Waals surface area contributed by atoms with E-state index in [1.165, 1.54) is 28.0 Å². The van der Waals surface area contributed by atoms with E-state index in [0.29, 0.717) is 12.5 Å². The second kappa shape index (κ2) is 7.96. The number of fused-ring (bicyclic) bond motifs is 3. The molecule has 0 spiro atoms. The molecule has 31 heavy (non-hydrogen) atoms. The van der Waals surface area contributed by atoms with Crippen molar-refractivity contribution in [2.45, 2.75) is 59.0 Å². The molecule has 1 aliphatic carbocycles. The van der Waals surface area contributed by atoms with Crippen LogP contribution < -0.4 is 10.9 Å². The number of nitrogens with one attached hydrogen (secondary N) is 1. The van der Waals surface area contributed by atoms with Crippen molar-refractivity contribution in [2.75, 3.05) is 5.32 Å². The van der Waals surface area contributed by atoms with Gasteiger partial charge in [0.25, 0.3) is 5.56 Å². The lowest BCUT2D eigenvalue weighted by molar-refractivity contribution is 0.582. The monoisotopic (exact) mass is 433 g/mol. The highest BCUT2D eigenvalue weighted by Crippen LogP contribution is 2.35. The lowest BCUT2D eigenvalue weighted by atomic mass is 9.97. The van der Waals surface area contributed by atoms with Crippen molar-refractivity contribution in [3.8, 4) is 0 Å². The molecule has 0 saturated carbocycles. The molecule has 160 valence electrons. The van der Waals surface area contributed by atoms with Crippen LogP contribution in [0.2, 0.25) is 0 Å². The fraction of sp³-hybridized carbons (Fsp3) is 0.375. The predicted octanol–water partition coefficient (Wildman–Crippen LogP) is 5.21. The summed E-state index contributed by atoms with van der Waals surface area (Å²) in [6.07, 6.45) is 8.16. The topological polar surface area (TPSA) is 64.7 Å². The molecule has 0 amide bonds. The summed E-state index contributed by atoms with van der Waals surface area (Å²) in [6.45, 7) is 6.87. The Morgan fingerprint density at radius 3 is 2.81 bits per heavy atom. The zero-order chi connectivity index (χ0) is 21.5. The summed E-state index contributed by atoms with van der Waals surface area (Å²) in [7, 11) is 0. The molecule has 5 rings (SSSR count). The van der Waals surface area contributed by atoms with E-state index in [2.05, 4.69) is 29.5 Å². The van der Waals surface area contributed by atoms with Crippen LogP contribution in [0, 0.1) is 6.92 Å². The normalized spacial score (nSPS) is 13.7. The van der Waals surface area contributed by atoms with E-state index in [1.54, 1.807) is 22.1 Å². The average Bonchev–Trinajstić information content (AvgIpc) is 3.33. The summed E-state index contributed by atoms with van der Waals surface area (Å²) < 4.78 is 3.69. The summed E-state index contributed by atoms with van der Waals surface area (Å²) in [6, 6.07) is 8.33.